The second-order valence-corrected chi connectivity index (χ2v) is 6.56. The molecule has 0 saturated carbocycles. The number of hydrogen-bond acceptors (Lipinski definition) is 2. The van der Waals surface area contributed by atoms with Gasteiger partial charge in [0.15, 0.2) is 0 Å². The van der Waals surface area contributed by atoms with Gasteiger partial charge in [-0.25, -0.2) is 0 Å². The van der Waals surface area contributed by atoms with Crippen LogP contribution in [0.2, 0.25) is 0 Å². The van der Waals surface area contributed by atoms with Crippen molar-refractivity contribution in [1.29, 1.82) is 0 Å². The lowest BCUT2D eigenvalue weighted by atomic mass is 10.1. The monoisotopic (exact) mass is 372 g/mol. The number of aryl methyl sites for hydroxylation is 1. The van der Waals surface area contributed by atoms with Gasteiger partial charge in [-0.2, -0.15) is 0 Å². The number of amides is 2. The SMILES string of the molecule is CC(=O)N1c2ccccc2CC1C(=O)Nc1ccc(C)cc1Br. The van der Waals surface area contributed by atoms with Gasteiger partial charge >= 0.3 is 0 Å². The van der Waals surface area contributed by atoms with E-state index in [1.807, 2.05) is 49.4 Å². The number of nitrogens with zero attached hydrogens (tertiary/aromatic N) is 1. The third-order valence-corrected chi connectivity index (χ3v) is 4.66. The van der Waals surface area contributed by atoms with Crippen LogP contribution in [0.1, 0.15) is 18.1 Å². The molecule has 4 nitrogen and oxygen atoms in total. The predicted octanol–water partition coefficient (Wildman–Crippen LogP) is 3.67. The lowest BCUT2D eigenvalue weighted by molar-refractivity contribution is -0.122. The van der Waals surface area contributed by atoms with Gasteiger partial charge < -0.3 is 5.32 Å². The Morgan fingerprint density at radius 2 is 1.96 bits per heavy atom. The van der Waals surface area contributed by atoms with Crippen LogP contribution in [0.15, 0.2) is 46.9 Å². The molecule has 23 heavy (non-hydrogen) atoms. The fraction of sp³-hybridized carbons (Fsp3) is 0.222. The molecule has 1 aliphatic heterocycles. The third-order valence-electron chi connectivity index (χ3n) is 4.00. The zero-order chi connectivity index (χ0) is 16.6. The van der Waals surface area contributed by atoms with Crippen molar-refractivity contribution in [3.63, 3.8) is 0 Å². The average molecular weight is 373 g/mol. The molecule has 0 fully saturated rings. The Kier molecular flexibility index (Phi) is 4.22. The number of carbonyl (C=O) groups is 2. The van der Waals surface area contributed by atoms with Crippen molar-refractivity contribution < 1.29 is 9.59 Å². The van der Waals surface area contributed by atoms with Crippen molar-refractivity contribution in [2.24, 2.45) is 0 Å². The topological polar surface area (TPSA) is 49.4 Å². The summed E-state index contributed by atoms with van der Waals surface area (Å²) in [7, 11) is 0. The molecule has 2 amide bonds. The van der Waals surface area contributed by atoms with Gasteiger partial charge in [-0.05, 0) is 52.2 Å². The number of halogens is 1. The molecular formula is C18H17BrN2O2. The molecule has 118 valence electrons. The summed E-state index contributed by atoms with van der Waals surface area (Å²) in [5.41, 5.74) is 3.66. The van der Waals surface area contributed by atoms with Gasteiger partial charge in [-0.15, -0.1) is 0 Å². The molecule has 5 heteroatoms. The van der Waals surface area contributed by atoms with Gasteiger partial charge in [0.25, 0.3) is 0 Å². The van der Waals surface area contributed by atoms with Crippen LogP contribution in [0.3, 0.4) is 0 Å². The molecule has 0 aliphatic carbocycles. The minimum Gasteiger partial charge on any atom is -0.323 e. The number of para-hydroxylation sites is 1. The molecule has 2 aromatic carbocycles. The molecule has 1 heterocycles. The Bertz CT molecular complexity index is 788. The van der Waals surface area contributed by atoms with Crippen LogP contribution in [-0.4, -0.2) is 17.9 Å². The highest BCUT2D eigenvalue weighted by atomic mass is 79.9. The fourth-order valence-electron chi connectivity index (χ4n) is 2.92. The first kappa shape index (κ1) is 15.7. The van der Waals surface area contributed by atoms with E-state index in [0.717, 1.165) is 21.3 Å². The molecule has 0 radical (unpaired) electrons. The Morgan fingerprint density at radius 3 is 2.65 bits per heavy atom. The molecule has 1 aliphatic rings. The summed E-state index contributed by atoms with van der Waals surface area (Å²) in [6, 6.07) is 12.9. The molecule has 0 saturated heterocycles. The minimum atomic E-state index is -0.516. The number of nitrogens with one attached hydrogen (secondary N) is 1. The smallest absolute Gasteiger partial charge is 0.247 e. The third kappa shape index (κ3) is 3.01. The fourth-order valence-corrected chi connectivity index (χ4v) is 3.51. The van der Waals surface area contributed by atoms with Crippen molar-refractivity contribution in [2.75, 3.05) is 10.2 Å². The van der Waals surface area contributed by atoms with E-state index >= 15 is 0 Å². The van der Waals surface area contributed by atoms with Gasteiger partial charge in [0.1, 0.15) is 6.04 Å². The van der Waals surface area contributed by atoms with Crippen LogP contribution in [0.25, 0.3) is 0 Å². The summed E-state index contributed by atoms with van der Waals surface area (Å²) in [4.78, 5) is 26.3. The van der Waals surface area contributed by atoms with E-state index < -0.39 is 6.04 Å². The molecule has 1 N–H and O–H groups in total. The van der Waals surface area contributed by atoms with Crippen molar-refractivity contribution >= 4 is 39.1 Å². The van der Waals surface area contributed by atoms with E-state index in [2.05, 4.69) is 21.2 Å². The highest BCUT2D eigenvalue weighted by molar-refractivity contribution is 9.10. The molecule has 2 aromatic rings. The standard InChI is InChI=1S/C18H17BrN2O2/c1-11-7-8-15(14(19)9-11)20-18(23)17-10-13-5-3-4-6-16(13)21(17)12(2)22/h3-9,17H,10H2,1-2H3,(H,20,23). The zero-order valence-corrected chi connectivity index (χ0v) is 14.6. The second kappa shape index (κ2) is 6.16. The van der Waals surface area contributed by atoms with E-state index in [1.54, 1.807) is 4.90 Å². The second-order valence-electron chi connectivity index (χ2n) is 5.71. The van der Waals surface area contributed by atoms with Crippen molar-refractivity contribution in [2.45, 2.75) is 26.3 Å². The Labute approximate surface area is 143 Å². The maximum Gasteiger partial charge on any atom is 0.247 e. The summed E-state index contributed by atoms with van der Waals surface area (Å²) >= 11 is 3.46. The number of anilines is 2. The van der Waals surface area contributed by atoms with Crippen LogP contribution < -0.4 is 10.2 Å². The summed E-state index contributed by atoms with van der Waals surface area (Å²) in [5.74, 6) is -0.306. The van der Waals surface area contributed by atoms with Crippen LogP contribution in [0, 0.1) is 6.92 Å². The molecule has 0 aromatic heterocycles. The Morgan fingerprint density at radius 1 is 1.22 bits per heavy atom. The minimum absolute atomic E-state index is 0.127. The van der Waals surface area contributed by atoms with Gasteiger partial charge in [-0.1, -0.05) is 24.3 Å². The summed E-state index contributed by atoms with van der Waals surface area (Å²) in [6.45, 7) is 3.48. The van der Waals surface area contributed by atoms with Crippen molar-refractivity contribution in [3.05, 3.63) is 58.1 Å². The highest BCUT2D eigenvalue weighted by Crippen LogP contribution is 2.33. The van der Waals surface area contributed by atoms with Gasteiger partial charge in [0, 0.05) is 23.5 Å². The molecule has 1 atom stereocenters. The molecule has 3 rings (SSSR count). The van der Waals surface area contributed by atoms with E-state index in [1.165, 1.54) is 6.92 Å². The average Bonchev–Trinajstić information content (AvgIpc) is 2.89. The van der Waals surface area contributed by atoms with Crippen molar-refractivity contribution in [3.8, 4) is 0 Å². The number of carbonyl (C=O) groups excluding carboxylic acids is 2. The molecular weight excluding hydrogens is 356 g/mol. The zero-order valence-electron chi connectivity index (χ0n) is 13.0. The van der Waals surface area contributed by atoms with Crippen LogP contribution >= 0.6 is 15.9 Å². The highest BCUT2D eigenvalue weighted by Gasteiger charge is 2.36. The summed E-state index contributed by atoms with van der Waals surface area (Å²) in [5, 5.41) is 2.92. The predicted molar refractivity (Wildman–Crippen MR) is 94.6 cm³/mol. The normalized spacial score (nSPS) is 16.1. The quantitative estimate of drug-likeness (QED) is 0.873. The molecule has 1 unspecified atom stereocenters. The number of rotatable bonds is 2. The first-order chi connectivity index (χ1) is 11.0. The van der Waals surface area contributed by atoms with Crippen LogP contribution in [0.4, 0.5) is 11.4 Å². The van der Waals surface area contributed by atoms with E-state index in [9.17, 15) is 9.59 Å². The Hall–Kier alpha value is -2.14. The maximum atomic E-state index is 12.7. The van der Waals surface area contributed by atoms with Gasteiger partial charge in [0.2, 0.25) is 11.8 Å². The van der Waals surface area contributed by atoms with E-state index in [4.69, 9.17) is 0 Å². The number of hydrogen-bond donors (Lipinski definition) is 1. The summed E-state index contributed by atoms with van der Waals surface area (Å²) < 4.78 is 0.829. The maximum absolute atomic E-state index is 12.7. The van der Waals surface area contributed by atoms with Gasteiger partial charge in [0.05, 0.1) is 5.69 Å². The summed E-state index contributed by atoms with van der Waals surface area (Å²) in [6.07, 6.45) is 0.533. The molecule has 0 bridgehead atoms. The molecule has 0 spiro atoms. The van der Waals surface area contributed by atoms with Crippen molar-refractivity contribution in [1.82, 2.24) is 0 Å². The van der Waals surface area contributed by atoms with Gasteiger partial charge in [-0.3, -0.25) is 14.5 Å². The van der Waals surface area contributed by atoms with E-state index in [0.29, 0.717) is 12.1 Å². The van der Waals surface area contributed by atoms with Crippen LogP contribution in [-0.2, 0) is 16.0 Å². The number of benzene rings is 2. The lowest BCUT2D eigenvalue weighted by Crippen LogP contribution is -2.44. The van der Waals surface area contributed by atoms with Crippen LogP contribution in [0.5, 0.6) is 0 Å². The van der Waals surface area contributed by atoms with E-state index in [-0.39, 0.29) is 11.8 Å². The largest absolute Gasteiger partial charge is 0.323 e. The Balaban J connectivity index is 1.86. The first-order valence-electron chi connectivity index (χ1n) is 7.42. The number of fused-ring (bicyclic) bond motifs is 1. The first-order valence-corrected chi connectivity index (χ1v) is 8.21. The lowest BCUT2D eigenvalue weighted by Gasteiger charge is -2.23.